The second kappa shape index (κ2) is 7.87. The predicted molar refractivity (Wildman–Crippen MR) is 104 cm³/mol. The summed E-state index contributed by atoms with van der Waals surface area (Å²) in [6, 6.07) is 15.0. The van der Waals surface area contributed by atoms with Crippen LogP contribution in [0, 0.1) is 0 Å². The van der Waals surface area contributed by atoms with Crippen molar-refractivity contribution in [3.05, 3.63) is 59.7 Å². The Morgan fingerprint density at radius 3 is 2.46 bits per heavy atom. The number of carbonyl (C=O) groups is 1. The van der Waals surface area contributed by atoms with Gasteiger partial charge in [-0.15, -0.1) is 0 Å². The Kier molecular flexibility index (Phi) is 5.37. The van der Waals surface area contributed by atoms with E-state index in [9.17, 15) is 4.79 Å². The topological polar surface area (TPSA) is 51.1 Å². The highest BCUT2D eigenvalue weighted by Crippen LogP contribution is 2.30. The molecule has 0 spiro atoms. The summed E-state index contributed by atoms with van der Waals surface area (Å²) in [4.78, 5) is 12.8. The van der Waals surface area contributed by atoms with Crippen LogP contribution in [0.3, 0.4) is 0 Å². The van der Waals surface area contributed by atoms with E-state index in [0.717, 1.165) is 17.0 Å². The Hall–Kier alpha value is -3.08. The second-order valence-corrected chi connectivity index (χ2v) is 5.76. The largest absolute Gasteiger partial charge is 0.494 e. The van der Waals surface area contributed by atoms with E-state index >= 15 is 0 Å². The van der Waals surface area contributed by atoms with Crippen molar-refractivity contribution >= 4 is 23.4 Å². The van der Waals surface area contributed by atoms with E-state index in [2.05, 4.69) is 5.10 Å². The van der Waals surface area contributed by atoms with Crippen molar-refractivity contribution in [1.82, 2.24) is 0 Å². The van der Waals surface area contributed by atoms with Crippen LogP contribution in [-0.4, -0.2) is 24.8 Å². The molecule has 5 nitrogen and oxygen atoms in total. The molecular weight excluding hydrogens is 328 g/mol. The number of carbonyl (C=O) groups excluding carboxylic acids is 1. The highest BCUT2D eigenvalue weighted by atomic mass is 16.5. The van der Waals surface area contributed by atoms with Crippen LogP contribution in [0.1, 0.15) is 26.3 Å². The smallest absolute Gasteiger partial charge is 0.280 e. The van der Waals surface area contributed by atoms with Crippen LogP contribution < -0.4 is 14.5 Å². The Morgan fingerprint density at radius 2 is 1.77 bits per heavy atom. The molecule has 0 radical (unpaired) electrons. The Labute approximate surface area is 153 Å². The number of hydrazone groups is 1. The number of nitrogens with zero attached hydrogens (tertiary/aromatic N) is 2. The van der Waals surface area contributed by atoms with Crippen LogP contribution in [-0.2, 0) is 4.79 Å². The van der Waals surface area contributed by atoms with Gasteiger partial charge in [-0.25, -0.2) is 0 Å². The summed E-state index contributed by atoms with van der Waals surface area (Å²) in [5.41, 5.74) is 2.80. The van der Waals surface area contributed by atoms with Gasteiger partial charge in [0.05, 0.1) is 30.2 Å². The number of rotatable bonds is 6. The van der Waals surface area contributed by atoms with E-state index in [1.807, 2.05) is 75.4 Å². The van der Waals surface area contributed by atoms with E-state index < -0.39 is 0 Å². The zero-order chi connectivity index (χ0) is 18.5. The lowest BCUT2D eigenvalue weighted by atomic mass is 10.1. The van der Waals surface area contributed by atoms with E-state index in [4.69, 9.17) is 9.47 Å². The van der Waals surface area contributed by atoms with Crippen molar-refractivity contribution in [3.8, 4) is 11.5 Å². The van der Waals surface area contributed by atoms with Gasteiger partial charge < -0.3 is 9.47 Å². The average Bonchev–Trinajstić information content (AvgIpc) is 2.93. The lowest BCUT2D eigenvalue weighted by Crippen LogP contribution is -2.21. The first-order chi connectivity index (χ1) is 12.6. The van der Waals surface area contributed by atoms with Crippen molar-refractivity contribution in [2.45, 2.75) is 20.8 Å². The molecule has 0 aliphatic carbocycles. The molecule has 1 heterocycles. The zero-order valence-electron chi connectivity index (χ0n) is 15.2. The van der Waals surface area contributed by atoms with Gasteiger partial charge >= 0.3 is 0 Å². The van der Waals surface area contributed by atoms with Gasteiger partial charge in [-0.2, -0.15) is 10.1 Å². The van der Waals surface area contributed by atoms with Gasteiger partial charge in [-0.3, -0.25) is 4.79 Å². The van der Waals surface area contributed by atoms with Gasteiger partial charge in [0.2, 0.25) is 0 Å². The van der Waals surface area contributed by atoms with Crippen LogP contribution in [0.4, 0.5) is 5.69 Å². The van der Waals surface area contributed by atoms with Gasteiger partial charge in [0.25, 0.3) is 5.91 Å². The molecule has 2 aromatic carbocycles. The van der Waals surface area contributed by atoms with Gasteiger partial charge in [0, 0.05) is 11.6 Å². The third kappa shape index (κ3) is 3.61. The Bertz CT molecular complexity index is 857. The molecule has 0 fully saturated rings. The fourth-order valence-electron chi connectivity index (χ4n) is 2.75. The highest BCUT2D eigenvalue weighted by molar-refractivity contribution is 6.32. The number of hydrogen-bond acceptors (Lipinski definition) is 4. The number of anilines is 1. The molecule has 0 saturated carbocycles. The van der Waals surface area contributed by atoms with E-state index in [0.29, 0.717) is 30.2 Å². The summed E-state index contributed by atoms with van der Waals surface area (Å²) >= 11 is 0. The minimum atomic E-state index is -0.148. The maximum Gasteiger partial charge on any atom is 0.280 e. The van der Waals surface area contributed by atoms with Gasteiger partial charge in [-0.1, -0.05) is 18.2 Å². The van der Waals surface area contributed by atoms with Crippen LogP contribution >= 0.6 is 0 Å². The molecule has 0 atom stereocenters. The number of para-hydroxylation sites is 1. The van der Waals surface area contributed by atoms with Crippen LogP contribution in [0.15, 0.2) is 59.2 Å². The molecule has 0 unspecified atom stereocenters. The molecule has 5 heteroatoms. The minimum absolute atomic E-state index is 0.148. The van der Waals surface area contributed by atoms with E-state index in [-0.39, 0.29) is 5.91 Å². The van der Waals surface area contributed by atoms with Crippen molar-refractivity contribution in [1.29, 1.82) is 0 Å². The first kappa shape index (κ1) is 17.7. The summed E-state index contributed by atoms with van der Waals surface area (Å²) < 4.78 is 11.3. The van der Waals surface area contributed by atoms with Crippen molar-refractivity contribution < 1.29 is 14.3 Å². The lowest BCUT2D eigenvalue weighted by molar-refractivity contribution is -0.114. The average molecular weight is 350 g/mol. The molecule has 2 aromatic rings. The number of benzene rings is 2. The van der Waals surface area contributed by atoms with Crippen LogP contribution in [0.5, 0.6) is 11.5 Å². The third-order valence-corrected chi connectivity index (χ3v) is 3.96. The van der Waals surface area contributed by atoms with E-state index in [1.54, 1.807) is 0 Å². The number of amides is 1. The SMILES string of the molecule is CCOc1ccc(/C=C2/C(=O)N(c3ccccc3)N=C2C)c(OCC)c1. The molecule has 1 aliphatic heterocycles. The lowest BCUT2D eigenvalue weighted by Gasteiger charge is -2.12. The standard InChI is InChI=1S/C21H22N2O3/c1-4-25-18-12-11-16(20(14-18)26-5-2)13-19-15(3)22-23(21(19)24)17-9-7-6-8-10-17/h6-14H,4-5H2,1-3H3/b19-13+. The summed E-state index contributed by atoms with van der Waals surface area (Å²) in [5.74, 6) is 1.28. The summed E-state index contributed by atoms with van der Waals surface area (Å²) in [6.45, 7) is 6.81. The maximum absolute atomic E-state index is 12.8. The molecule has 1 aliphatic rings. The molecule has 0 N–H and O–H groups in total. The number of hydrogen-bond donors (Lipinski definition) is 0. The van der Waals surface area contributed by atoms with E-state index in [1.165, 1.54) is 5.01 Å². The molecule has 0 saturated heterocycles. The van der Waals surface area contributed by atoms with Crippen molar-refractivity contribution in [2.24, 2.45) is 5.10 Å². The highest BCUT2D eigenvalue weighted by Gasteiger charge is 2.28. The first-order valence-corrected chi connectivity index (χ1v) is 8.70. The van der Waals surface area contributed by atoms with Crippen LogP contribution in [0.2, 0.25) is 0 Å². The monoisotopic (exact) mass is 350 g/mol. The summed E-state index contributed by atoms with van der Waals surface area (Å²) in [7, 11) is 0. The maximum atomic E-state index is 12.8. The molecule has 3 rings (SSSR count). The fraction of sp³-hybridized carbons (Fsp3) is 0.238. The summed E-state index contributed by atoms with van der Waals surface area (Å²) in [6.07, 6.45) is 1.82. The predicted octanol–water partition coefficient (Wildman–Crippen LogP) is 4.29. The third-order valence-electron chi connectivity index (χ3n) is 3.96. The van der Waals surface area contributed by atoms with Gasteiger partial charge in [-0.05, 0) is 51.1 Å². The zero-order valence-corrected chi connectivity index (χ0v) is 15.2. The Morgan fingerprint density at radius 1 is 1.04 bits per heavy atom. The molecule has 0 aromatic heterocycles. The van der Waals surface area contributed by atoms with Crippen molar-refractivity contribution in [3.63, 3.8) is 0 Å². The summed E-state index contributed by atoms with van der Waals surface area (Å²) in [5, 5.41) is 5.83. The normalized spacial score (nSPS) is 15.3. The quantitative estimate of drug-likeness (QED) is 0.730. The van der Waals surface area contributed by atoms with Crippen molar-refractivity contribution in [2.75, 3.05) is 18.2 Å². The molecule has 0 bridgehead atoms. The number of ether oxygens (including phenoxy) is 2. The van der Waals surface area contributed by atoms with Crippen LogP contribution in [0.25, 0.3) is 6.08 Å². The molecule has 134 valence electrons. The fourth-order valence-corrected chi connectivity index (χ4v) is 2.75. The molecular formula is C21H22N2O3. The van der Waals surface area contributed by atoms with Gasteiger partial charge in [0.15, 0.2) is 0 Å². The molecule has 26 heavy (non-hydrogen) atoms. The molecule has 1 amide bonds. The second-order valence-electron chi connectivity index (χ2n) is 5.76. The minimum Gasteiger partial charge on any atom is -0.494 e. The van der Waals surface area contributed by atoms with Gasteiger partial charge in [0.1, 0.15) is 11.5 Å². The first-order valence-electron chi connectivity index (χ1n) is 8.70. The Balaban J connectivity index is 1.95.